The number of aromatic nitrogens is 1. The van der Waals surface area contributed by atoms with Crippen molar-refractivity contribution >= 4 is 11.3 Å². The van der Waals surface area contributed by atoms with E-state index in [0.29, 0.717) is 35.0 Å². The topological polar surface area (TPSA) is 33.1 Å². The minimum absolute atomic E-state index is 0.344. The number of aliphatic hydroxyl groups is 1. The van der Waals surface area contributed by atoms with E-state index in [9.17, 15) is 18.3 Å². The normalized spacial score (nSPS) is 30.5. The van der Waals surface area contributed by atoms with Gasteiger partial charge in [-0.3, -0.25) is 0 Å². The lowest BCUT2D eigenvalue weighted by Gasteiger charge is -2.33. The van der Waals surface area contributed by atoms with Crippen molar-refractivity contribution in [3.63, 3.8) is 0 Å². The van der Waals surface area contributed by atoms with E-state index in [0.717, 1.165) is 12.8 Å². The van der Waals surface area contributed by atoms with Crippen LogP contribution in [0.3, 0.4) is 0 Å². The minimum Gasteiger partial charge on any atom is -0.384 e. The highest BCUT2D eigenvalue weighted by atomic mass is 32.1. The SMILES string of the molecule is CC1CCC(O)(c2cnc(C(F)(F)F)s2)CC1. The van der Waals surface area contributed by atoms with Crippen LogP contribution in [0, 0.1) is 5.92 Å². The minimum atomic E-state index is -4.42. The Morgan fingerprint density at radius 2 is 2.00 bits per heavy atom. The third kappa shape index (κ3) is 2.63. The van der Waals surface area contributed by atoms with Gasteiger partial charge in [-0.1, -0.05) is 6.92 Å². The Kier molecular flexibility index (Phi) is 3.20. The van der Waals surface area contributed by atoms with Crippen molar-refractivity contribution in [3.05, 3.63) is 16.1 Å². The largest absolute Gasteiger partial charge is 0.443 e. The summed E-state index contributed by atoms with van der Waals surface area (Å²) in [6.07, 6.45) is -0.516. The van der Waals surface area contributed by atoms with Gasteiger partial charge in [-0.2, -0.15) is 13.2 Å². The van der Waals surface area contributed by atoms with Crippen molar-refractivity contribution in [1.82, 2.24) is 4.98 Å². The van der Waals surface area contributed by atoms with Crippen molar-refractivity contribution in [1.29, 1.82) is 0 Å². The number of hydrogen-bond donors (Lipinski definition) is 1. The first-order valence-electron chi connectivity index (χ1n) is 5.57. The smallest absolute Gasteiger partial charge is 0.384 e. The van der Waals surface area contributed by atoms with E-state index in [1.807, 2.05) is 0 Å². The molecule has 2 nitrogen and oxygen atoms in total. The Hall–Kier alpha value is -0.620. The molecule has 1 saturated carbocycles. The number of hydrogen-bond acceptors (Lipinski definition) is 3. The average Bonchev–Trinajstić information content (AvgIpc) is 2.72. The van der Waals surface area contributed by atoms with Crippen molar-refractivity contribution < 1.29 is 18.3 Å². The molecule has 1 aliphatic carbocycles. The van der Waals surface area contributed by atoms with Crippen LogP contribution in [0.15, 0.2) is 6.20 Å². The van der Waals surface area contributed by atoms with Gasteiger partial charge in [-0.05, 0) is 31.6 Å². The highest BCUT2D eigenvalue weighted by Crippen LogP contribution is 2.43. The van der Waals surface area contributed by atoms with Crippen molar-refractivity contribution in [2.75, 3.05) is 0 Å². The van der Waals surface area contributed by atoms with E-state index in [1.54, 1.807) is 0 Å². The molecule has 2 rings (SSSR count). The van der Waals surface area contributed by atoms with Crippen LogP contribution in [-0.4, -0.2) is 10.1 Å². The van der Waals surface area contributed by atoms with Gasteiger partial charge in [0, 0.05) is 6.20 Å². The van der Waals surface area contributed by atoms with Crippen LogP contribution in [0.5, 0.6) is 0 Å². The zero-order valence-corrected chi connectivity index (χ0v) is 10.2. The van der Waals surface area contributed by atoms with Gasteiger partial charge in [0.05, 0.1) is 4.88 Å². The summed E-state index contributed by atoms with van der Waals surface area (Å²) in [6.45, 7) is 2.09. The van der Waals surface area contributed by atoms with Gasteiger partial charge < -0.3 is 5.11 Å². The van der Waals surface area contributed by atoms with Gasteiger partial charge in [0.1, 0.15) is 5.60 Å². The first kappa shape index (κ1) is 12.8. The number of rotatable bonds is 1. The fraction of sp³-hybridized carbons (Fsp3) is 0.727. The summed E-state index contributed by atoms with van der Waals surface area (Å²) in [4.78, 5) is 3.70. The second-order valence-corrected chi connectivity index (χ2v) is 5.77. The molecule has 1 N–H and O–H groups in total. The van der Waals surface area contributed by atoms with Crippen molar-refractivity contribution in [2.45, 2.75) is 44.4 Å². The highest BCUT2D eigenvalue weighted by molar-refractivity contribution is 7.11. The lowest BCUT2D eigenvalue weighted by molar-refractivity contribution is -0.137. The average molecular weight is 265 g/mol. The molecule has 1 fully saturated rings. The lowest BCUT2D eigenvalue weighted by Crippen LogP contribution is -2.29. The molecular formula is C11H14F3NOS. The van der Waals surface area contributed by atoms with E-state index in [-0.39, 0.29) is 0 Å². The molecule has 1 heterocycles. The van der Waals surface area contributed by atoms with Crippen LogP contribution in [0.4, 0.5) is 13.2 Å². The van der Waals surface area contributed by atoms with Crippen LogP contribution in [0.2, 0.25) is 0 Å². The Morgan fingerprint density at radius 1 is 1.41 bits per heavy atom. The van der Waals surface area contributed by atoms with E-state index >= 15 is 0 Å². The monoisotopic (exact) mass is 265 g/mol. The summed E-state index contributed by atoms with van der Waals surface area (Å²) in [5.41, 5.74) is -1.10. The summed E-state index contributed by atoms with van der Waals surface area (Å²) in [6, 6.07) is 0. The van der Waals surface area contributed by atoms with Gasteiger partial charge in [0.15, 0.2) is 5.01 Å². The molecule has 0 spiro atoms. The molecule has 0 saturated heterocycles. The van der Waals surface area contributed by atoms with Crippen LogP contribution in [0.1, 0.15) is 42.5 Å². The molecule has 0 unspecified atom stereocenters. The van der Waals surface area contributed by atoms with Gasteiger partial charge in [0.25, 0.3) is 0 Å². The molecule has 0 radical (unpaired) electrons. The predicted octanol–water partition coefficient (Wildman–Crippen LogP) is 3.56. The van der Waals surface area contributed by atoms with Crippen LogP contribution >= 0.6 is 11.3 Å². The van der Waals surface area contributed by atoms with Crippen molar-refractivity contribution in [2.24, 2.45) is 5.92 Å². The molecule has 0 amide bonds. The Morgan fingerprint density at radius 3 is 2.47 bits per heavy atom. The summed E-state index contributed by atoms with van der Waals surface area (Å²) < 4.78 is 37.3. The molecular weight excluding hydrogens is 251 g/mol. The second kappa shape index (κ2) is 4.24. The van der Waals surface area contributed by atoms with E-state index in [1.165, 1.54) is 6.20 Å². The summed E-state index contributed by atoms with van der Waals surface area (Å²) in [5.74, 6) is 0.533. The van der Waals surface area contributed by atoms with Crippen LogP contribution < -0.4 is 0 Å². The molecule has 0 bridgehead atoms. The maximum Gasteiger partial charge on any atom is 0.443 e. The standard InChI is InChI=1S/C11H14F3NOS/c1-7-2-4-10(16,5-3-7)8-6-15-9(17-8)11(12,13)14/h6-7,16H,2-5H2,1H3. The Balaban J connectivity index is 2.20. The maximum atomic E-state index is 12.4. The Bertz CT molecular complexity index is 394. The first-order chi connectivity index (χ1) is 7.81. The highest BCUT2D eigenvalue weighted by Gasteiger charge is 2.40. The first-order valence-corrected chi connectivity index (χ1v) is 6.39. The molecule has 1 aromatic rings. The number of alkyl halides is 3. The third-order valence-corrected chi connectivity index (χ3v) is 4.54. The summed E-state index contributed by atoms with van der Waals surface area (Å²) in [5, 5.41) is 9.47. The predicted molar refractivity (Wildman–Crippen MR) is 58.6 cm³/mol. The van der Waals surface area contributed by atoms with Crippen molar-refractivity contribution in [3.8, 4) is 0 Å². The van der Waals surface area contributed by atoms with Crippen LogP contribution in [-0.2, 0) is 11.8 Å². The molecule has 6 heteroatoms. The zero-order valence-electron chi connectivity index (χ0n) is 9.42. The van der Waals surface area contributed by atoms with Gasteiger partial charge >= 0.3 is 6.18 Å². The fourth-order valence-corrected chi connectivity index (χ4v) is 3.04. The fourth-order valence-electron chi connectivity index (χ4n) is 2.11. The van der Waals surface area contributed by atoms with E-state index < -0.39 is 16.8 Å². The molecule has 1 aliphatic rings. The zero-order chi connectivity index (χ0) is 12.7. The van der Waals surface area contributed by atoms with Gasteiger partial charge in [-0.25, -0.2) is 4.98 Å². The van der Waals surface area contributed by atoms with E-state index in [2.05, 4.69) is 11.9 Å². The number of halogens is 3. The molecule has 0 atom stereocenters. The van der Waals surface area contributed by atoms with E-state index in [4.69, 9.17) is 0 Å². The maximum absolute atomic E-state index is 12.4. The van der Waals surface area contributed by atoms with Gasteiger partial charge in [-0.15, -0.1) is 11.3 Å². The molecule has 1 aromatic heterocycles. The summed E-state index contributed by atoms with van der Waals surface area (Å²) in [7, 11) is 0. The molecule has 17 heavy (non-hydrogen) atoms. The Labute approximate surface area is 101 Å². The third-order valence-electron chi connectivity index (χ3n) is 3.31. The lowest BCUT2D eigenvalue weighted by atomic mass is 9.79. The molecule has 0 aromatic carbocycles. The second-order valence-electron chi connectivity index (χ2n) is 4.74. The number of thiazole rings is 1. The number of nitrogens with zero attached hydrogens (tertiary/aromatic N) is 1. The van der Waals surface area contributed by atoms with Gasteiger partial charge in [0.2, 0.25) is 0 Å². The molecule has 96 valence electrons. The van der Waals surface area contributed by atoms with Crippen LogP contribution in [0.25, 0.3) is 0 Å². The molecule has 0 aliphatic heterocycles. The quantitative estimate of drug-likeness (QED) is 0.842. The summed E-state index contributed by atoms with van der Waals surface area (Å²) >= 11 is 0.560.